The Kier molecular flexibility index (Phi) is 3.27. The topological polar surface area (TPSA) is 63.1 Å². The summed E-state index contributed by atoms with van der Waals surface area (Å²) in [6.45, 7) is 0. The zero-order valence-corrected chi connectivity index (χ0v) is 11.3. The molecule has 0 unspecified atom stereocenters. The van der Waals surface area contributed by atoms with Crippen LogP contribution < -0.4 is 0 Å². The maximum Gasteiger partial charge on any atom is 0.336 e. The highest BCUT2D eigenvalue weighted by atomic mass is 35.5. The highest BCUT2D eigenvalue weighted by Crippen LogP contribution is 2.28. The van der Waals surface area contributed by atoms with Crippen molar-refractivity contribution in [2.45, 2.75) is 0 Å². The fraction of sp³-hybridized carbons (Fsp3) is 0. The van der Waals surface area contributed by atoms with E-state index in [0.29, 0.717) is 11.3 Å². The van der Waals surface area contributed by atoms with Crippen LogP contribution in [-0.4, -0.2) is 21.0 Å². The van der Waals surface area contributed by atoms with E-state index in [2.05, 4.69) is 9.97 Å². The smallest absolute Gasteiger partial charge is 0.336 e. The minimum atomic E-state index is -1.17. The molecule has 0 aliphatic rings. The average molecular weight is 303 g/mol. The van der Waals surface area contributed by atoms with Crippen LogP contribution in [0.3, 0.4) is 0 Å². The van der Waals surface area contributed by atoms with Crippen LogP contribution in [0.15, 0.2) is 42.7 Å². The van der Waals surface area contributed by atoms with Crippen LogP contribution in [0.1, 0.15) is 10.4 Å². The van der Waals surface area contributed by atoms with Gasteiger partial charge in [0.05, 0.1) is 11.3 Å². The number of hydrogen-bond acceptors (Lipinski definition) is 3. The molecule has 104 valence electrons. The number of rotatable bonds is 2. The van der Waals surface area contributed by atoms with E-state index in [1.807, 2.05) is 0 Å². The van der Waals surface area contributed by atoms with Crippen molar-refractivity contribution in [3.8, 4) is 11.3 Å². The Labute approximate surface area is 123 Å². The molecule has 4 nitrogen and oxygen atoms in total. The number of aromatic carboxylic acids is 1. The van der Waals surface area contributed by atoms with Gasteiger partial charge in [-0.15, -0.1) is 0 Å². The molecule has 1 aromatic carbocycles. The second kappa shape index (κ2) is 5.10. The minimum Gasteiger partial charge on any atom is -0.478 e. The van der Waals surface area contributed by atoms with E-state index in [1.165, 1.54) is 12.1 Å². The summed E-state index contributed by atoms with van der Waals surface area (Å²) in [5.74, 6) is -1.82. The molecular formula is C15H8ClFN2O2. The van der Waals surface area contributed by atoms with Crippen LogP contribution in [0.5, 0.6) is 0 Å². The molecule has 2 aromatic heterocycles. The molecule has 0 spiro atoms. The number of pyridine rings is 2. The van der Waals surface area contributed by atoms with Gasteiger partial charge in [-0.05, 0) is 30.3 Å². The summed E-state index contributed by atoms with van der Waals surface area (Å²) in [4.78, 5) is 19.5. The molecule has 3 rings (SSSR count). The third kappa shape index (κ3) is 2.43. The van der Waals surface area contributed by atoms with E-state index < -0.39 is 11.8 Å². The van der Waals surface area contributed by atoms with Gasteiger partial charge in [-0.2, -0.15) is 0 Å². The van der Waals surface area contributed by atoms with Gasteiger partial charge < -0.3 is 5.11 Å². The Balaban J connectivity index is 2.38. The van der Waals surface area contributed by atoms with Crippen molar-refractivity contribution in [2.75, 3.05) is 0 Å². The number of carbonyl (C=O) groups is 1. The summed E-state index contributed by atoms with van der Waals surface area (Å²) < 4.78 is 14.0. The van der Waals surface area contributed by atoms with Crippen molar-refractivity contribution in [3.63, 3.8) is 0 Å². The first-order chi connectivity index (χ1) is 10.1. The third-order valence-corrected chi connectivity index (χ3v) is 3.26. The summed E-state index contributed by atoms with van der Waals surface area (Å²) in [6.07, 6.45) is 3.11. The summed E-state index contributed by atoms with van der Waals surface area (Å²) >= 11 is 5.79. The molecule has 0 fully saturated rings. The number of aromatic nitrogens is 2. The number of halogens is 2. The van der Waals surface area contributed by atoms with Gasteiger partial charge in [0.2, 0.25) is 0 Å². The van der Waals surface area contributed by atoms with Gasteiger partial charge >= 0.3 is 5.97 Å². The van der Waals surface area contributed by atoms with Gasteiger partial charge in [0.15, 0.2) is 5.82 Å². The zero-order valence-electron chi connectivity index (χ0n) is 10.5. The molecule has 0 saturated heterocycles. The molecular weight excluding hydrogens is 295 g/mol. The van der Waals surface area contributed by atoms with Crippen molar-refractivity contribution < 1.29 is 14.3 Å². The summed E-state index contributed by atoms with van der Waals surface area (Å²) in [5.41, 5.74) is 0.951. The van der Waals surface area contributed by atoms with Gasteiger partial charge in [0, 0.05) is 28.4 Å². The Bertz CT molecular complexity index is 853. The summed E-state index contributed by atoms with van der Waals surface area (Å²) in [7, 11) is 0. The Morgan fingerprint density at radius 3 is 2.57 bits per heavy atom. The van der Waals surface area contributed by atoms with Crippen molar-refractivity contribution >= 4 is 28.5 Å². The second-order valence-corrected chi connectivity index (χ2v) is 4.82. The summed E-state index contributed by atoms with van der Waals surface area (Å²) in [6, 6.07) is 7.25. The normalized spacial score (nSPS) is 10.8. The quantitative estimate of drug-likeness (QED) is 0.782. The van der Waals surface area contributed by atoms with Crippen molar-refractivity contribution in [1.82, 2.24) is 9.97 Å². The molecule has 1 N–H and O–H groups in total. The highest BCUT2D eigenvalue weighted by molar-refractivity contribution is 6.31. The van der Waals surface area contributed by atoms with E-state index in [0.717, 1.165) is 6.07 Å². The number of benzene rings is 1. The fourth-order valence-corrected chi connectivity index (χ4v) is 2.30. The molecule has 0 radical (unpaired) electrons. The number of nitrogens with zero attached hydrogens (tertiary/aromatic N) is 2. The summed E-state index contributed by atoms with van der Waals surface area (Å²) in [5, 5.41) is 9.63. The van der Waals surface area contributed by atoms with Crippen molar-refractivity contribution in [1.29, 1.82) is 0 Å². The molecule has 0 bridgehead atoms. The first-order valence-electron chi connectivity index (χ1n) is 6.00. The van der Waals surface area contributed by atoms with Crippen LogP contribution in [-0.2, 0) is 0 Å². The Hall–Kier alpha value is -2.53. The van der Waals surface area contributed by atoms with Crippen molar-refractivity contribution in [3.05, 3.63) is 59.1 Å². The predicted molar refractivity (Wildman–Crippen MR) is 76.9 cm³/mol. The van der Waals surface area contributed by atoms with E-state index in [9.17, 15) is 14.3 Å². The van der Waals surface area contributed by atoms with E-state index in [4.69, 9.17) is 11.6 Å². The zero-order chi connectivity index (χ0) is 15.0. The highest BCUT2D eigenvalue weighted by Gasteiger charge is 2.16. The van der Waals surface area contributed by atoms with Gasteiger partial charge in [-0.3, -0.25) is 4.98 Å². The molecule has 0 atom stereocenters. The van der Waals surface area contributed by atoms with E-state index >= 15 is 0 Å². The van der Waals surface area contributed by atoms with Crippen LogP contribution in [0, 0.1) is 5.82 Å². The molecule has 0 aliphatic heterocycles. The predicted octanol–water partition coefficient (Wildman–Crippen LogP) is 3.79. The molecule has 0 amide bonds. The Morgan fingerprint density at radius 2 is 1.90 bits per heavy atom. The molecule has 0 aliphatic carbocycles. The largest absolute Gasteiger partial charge is 0.478 e. The molecule has 3 aromatic rings. The van der Waals surface area contributed by atoms with Gasteiger partial charge in [-0.1, -0.05) is 11.6 Å². The van der Waals surface area contributed by atoms with Crippen LogP contribution >= 0.6 is 11.6 Å². The first-order valence-corrected chi connectivity index (χ1v) is 6.37. The third-order valence-electron chi connectivity index (χ3n) is 3.04. The number of carboxylic acids is 1. The first kappa shape index (κ1) is 13.5. The second-order valence-electron chi connectivity index (χ2n) is 4.38. The van der Waals surface area contributed by atoms with Gasteiger partial charge in [-0.25, -0.2) is 14.2 Å². The van der Waals surface area contributed by atoms with Crippen molar-refractivity contribution in [2.24, 2.45) is 0 Å². The molecule has 2 heterocycles. The maximum absolute atomic E-state index is 14.0. The number of hydrogen-bond donors (Lipinski definition) is 1. The fourth-order valence-electron chi connectivity index (χ4n) is 2.10. The Morgan fingerprint density at radius 1 is 1.19 bits per heavy atom. The van der Waals surface area contributed by atoms with Crippen LogP contribution in [0.4, 0.5) is 4.39 Å². The van der Waals surface area contributed by atoms with Gasteiger partial charge in [0.25, 0.3) is 0 Å². The van der Waals surface area contributed by atoms with Gasteiger partial charge in [0.1, 0.15) is 5.52 Å². The van der Waals surface area contributed by atoms with Crippen LogP contribution in [0.2, 0.25) is 5.02 Å². The standard InChI is InChI=1S/C15H8ClFN2O2/c16-9-5-10-11(15(20)21)7-13(8-1-3-18-4-2-8)19-14(10)12(17)6-9/h1-7H,(H,20,21). The minimum absolute atomic E-state index is 0.0221. The average Bonchev–Trinajstić information content (AvgIpc) is 2.47. The number of fused-ring (bicyclic) bond motifs is 1. The lowest BCUT2D eigenvalue weighted by Crippen LogP contribution is -2.01. The lowest BCUT2D eigenvalue weighted by atomic mass is 10.0. The lowest BCUT2D eigenvalue weighted by molar-refractivity contribution is 0.0699. The maximum atomic E-state index is 14.0. The molecule has 0 saturated carbocycles. The molecule has 21 heavy (non-hydrogen) atoms. The SMILES string of the molecule is O=C(O)c1cc(-c2ccncc2)nc2c(F)cc(Cl)cc12. The van der Waals surface area contributed by atoms with E-state index in [1.54, 1.807) is 24.5 Å². The lowest BCUT2D eigenvalue weighted by Gasteiger charge is -2.08. The van der Waals surface area contributed by atoms with Crippen LogP contribution in [0.25, 0.3) is 22.2 Å². The van der Waals surface area contributed by atoms with E-state index in [-0.39, 0.29) is 21.5 Å². The monoisotopic (exact) mass is 302 g/mol. The number of carboxylic acid groups (broad SMARTS) is 1. The molecule has 6 heteroatoms.